The first kappa shape index (κ1) is 19.3. The summed E-state index contributed by atoms with van der Waals surface area (Å²) < 4.78 is 26.3. The Kier molecular flexibility index (Phi) is 11.6. The van der Waals surface area contributed by atoms with Crippen molar-refractivity contribution in [3.05, 3.63) is 12.2 Å². The molecule has 7 heteroatoms. The molecule has 0 aliphatic carbocycles. The fourth-order valence-corrected chi connectivity index (χ4v) is 3.26. The second-order valence-electron chi connectivity index (χ2n) is 4.03. The number of carbonyl (C=O) groups excluding carboxylic acids is 1. The molecule has 0 aromatic carbocycles. The van der Waals surface area contributed by atoms with Gasteiger partial charge in [-0.15, -0.1) is 0 Å². The monoisotopic (exact) mass is 306 g/mol. The molecule has 0 N–H and O–H groups in total. The molecule has 0 spiro atoms. The van der Waals surface area contributed by atoms with Crippen LogP contribution in [0.15, 0.2) is 12.2 Å². The molecule has 20 heavy (non-hydrogen) atoms. The standard InChI is InChI=1S/C13H26O6Si/c1-5-8-13(14)19-11-6-9-18-10-7-12-20(15-2,16-3)17-4/h5,8H,6-7,9-12H2,1-4H3. The van der Waals surface area contributed by atoms with Gasteiger partial charge in [0.05, 0.1) is 6.61 Å². The molecule has 0 unspecified atom stereocenters. The first-order valence-electron chi connectivity index (χ1n) is 6.66. The van der Waals surface area contributed by atoms with Crippen molar-refractivity contribution in [1.29, 1.82) is 0 Å². The molecule has 0 aromatic heterocycles. The molecule has 0 aliphatic rings. The molecule has 0 heterocycles. The van der Waals surface area contributed by atoms with Crippen molar-refractivity contribution in [2.45, 2.75) is 25.8 Å². The molecule has 0 aromatic rings. The SMILES string of the molecule is CC=CC(=O)OCCCOCCC[Si](OC)(OC)OC. The molecule has 0 rings (SSSR count). The van der Waals surface area contributed by atoms with Gasteiger partial charge in [-0.25, -0.2) is 4.79 Å². The summed E-state index contributed by atoms with van der Waals surface area (Å²) in [5.74, 6) is -0.316. The zero-order valence-corrected chi connectivity index (χ0v) is 13.8. The highest BCUT2D eigenvalue weighted by Gasteiger charge is 2.36. The van der Waals surface area contributed by atoms with E-state index < -0.39 is 8.80 Å². The van der Waals surface area contributed by atoms with E-state index in [9.17, 15) is 4.79 Å². The Hall–Kier alpha value is -0.733. The molecule has 0 saturated carbocycles. The van der Waals surface area contributed by atoms with Crippen LogP contribution in [0.4, 0.5) is 0 Å². The fraction of sp³-hybridized carbons (Fsp3) is 0.769. The third-order valence-electron chi connectivity index (χ3n) is 2.68. The predicted molar refractivity (Wildman–Crippen MR) is 77.4 cm³/mol. The molecule has 0 bridgehead atoms. The lowest BCUT2D eigenvalue weighted by molar-refractivity contribution is -0.138. The van der Waals surface area contributed by atoms with Crippen molar-refractivity contribution in [2.24, 2.45) is 0 Å². The maximum Gasteiger partial charge on any atom is 0.500 e. The first-order valence-corrected chi connectivity index (χ1v) is 8.60. The van der Waals surface area contributed by atoms with E-state index in [4.69, 9.17) is 22.8 Å². The maximum absolute atomic E-state index is 11.0. The zero-order valence-electron chi connectivity index (χ0n) is 12.8. The Morgan fingerprint density at radius 2 is 1.60 bits per heavy atom. The number of allylic oxidation sites excluding steroid dienone is 1. The summed E-state index contributed by atoms with van der Waals surface area (Å²) in [6.45, 7) is 3.31. The second-order valence-corrected chi connectivity index (χ2v) is 7.12. The van der Waals surface area contributed by atoms with E-state index in [1.54, 1.807) is 34.3 Å². The highest BCUT2D eigenvalue weighted by atomic mass is 28.4. The largest absolute Gasteiger partial charge is 0.500 e. The van der Waals surface area contributed by atoms with Crippen LogP contribution >= 0.6 is 0 Å². The number of hydrogen-bond acceptors (Lipinski definition) is 6. The highest BCUT2D eigenvalue weighted by Crippen LogP contribution is 2.14. The summed E-state index contributed by atoms with van der Waals surface area (Å²) in [5.41, 5.74) is 0. The Bertz CT molecular complexity index is 270. The van der Waals surface area contributed by atoms with Crippen LogP contribution in [0.2, 0.25) is 6.04 Å². The number of rotatable bonds is 12. The van der Waals surface area contributed by atoms with E-state index in [2.05, 4.69) is 0 Å². The van der Waals surface area contributed by atoms with Crippen molar-refractivity contribution in [3.63, 3.8) is 0 Å². The molecule has 118 valence electrons. The van der Waals surface area contributed by atoms with Gasteiger partial charge in [-0.3, -0.25) is 0 Å². The van der Waals surface area contributed by atoms with Crippen LogP contribution in [0, 0.1) is 0 Å². The van der Waals surface area contributed by atoms with Gasteiger partial charge in [-0.05, 0) is 13.3 Å². The van der Waals surface area contributed by atoms with Crippen LogP contribution in [0.1, 0.15) is 19.8 Å². The first-order chi connectivity index (χ1) is 9.64. The summed E-state index contributed by atoms with van der Waals surface area (Å²) in [6.07, 6.45) is 4.53. The number of ether oxygens (including phenoxy) is 2. The lowest BCUT2D eigenvalue weighted by Gasteiger charge is -2.24. The summed E-state index contributed by atoms with van der Waals surface area (Å²) in [6, 6.07) is 0.715. The van der Waals surface area contributed by atoms with Crippen LogP contribution in [0.3, 0.4) is 0 Å². The third-order valence-corrected chi connectivity index (χ3v) is 5.52. The Balaban J connectivity index is 3.51. The number of hydrogen-bond donors (Lipinski definition) is 0. The van der Waals surface area contributed by atoms with Crippen molar-refractivity contribution >= 4 is 14.8 Å². The minimum atomic E-state index is -2.47. The minimum absolute atomic E-state index is 0.316. The minimum Gasteiger partial charge on any atom is -0.462 e. The summed E-state index contributed by atoms with van der Waals surface area (Å²) in [4.78, 5) is 11.0. The Morgan fingerprint density at radius 1 is 1.00 bits per heavy atom. The predicted octanol–water partition coefficient (Wildman–Crippen LogP) is 1.78. The summed E-state index contributed by atoms with van der Waals surface area (Å²) >= 11 is 0. The van der Waals surface area contributed by atoms with Crippen LogP contribution in [0.5, 0.6) is 0 Å². The zero-order chi connectivity index (χ0) is 15.3. The molecule has 0 atom stereocenters. The fourth-order valence-electron chi connectivity index (χ4n) is 1.57. The topological polar surface area (TPSA) is 63.2 Å². The van der Waals surface area contributed by atoms with E-state index in [1.807, 2.05) is 0 Å². The molecular formula is C13H26O6Si. The van der Waals surface area contributed by atoms with E-state index in [0.29, 0.717) is 32.3 Å². The average molecular weight is 306 g/mol. The van der Waals surface area contributed by atoms with Gasteiger partial charge in [-0.1, -0.05) is 6.08 Å². The van der Waals surface area contributed by atoms with Crippen molar-refractivity contribution in [3.8, 4) is 0 Å². The van der Waals surface area contributed by atoms with Gasteiger partial charge in [0.15, 0.2) is 0 Å². The quantitative estimate of drug-likeness (QED) is 0.237. The van der Waals surface area contributed by atoms with Crippen LogP contribution in [-0.2, 0) is 27.5 Å². The molecule has 0 aliphatic heterocycles. The van der Waals surface area contributed by atoms with Gasteiger partial charge in [0.1, 0.15) is 0 Å². The summed E-state index contributed by atoms with van der Waals surface area (Å²) in [7, 11) is 2.32. The van der Waals surface area contributed by atoms with Gasteiger partial charge < -0.3 is 22.8 Å². The van der Waals surface area contributed by atoms with Crippen LogP contribution in [-0.4, -0.2) is 55.9 Å². The van der Waals surface area contributed by atoms with Crippen LogP contribution in [0.25, 0.3) is 0 Å². The second kappa shape index (κ2) is 12.0. The molecule has 0 fully saturated rings. The van der Waals surface area contributed by atoms with Crippen LogP contribution < -0.4 is 0 Å². The average Bonchev–Trinajstić information content (AvgIpc) is 2.47. The third kappa shape index (κ3) is 8.44. The van der Waals surface area contributed by atoms with E-state index >= 15 is 0 Å². The molecule has 6 nitrogen and oxygen atoms in total. The highest BCUT2D eigenvalue weighted by molar-refractivity contribution is 6.60. The van der Waals surface area contributed by atoms with Gasteiger partial charge in [0, 0.05) is 53.1 Å². The van der Waals surface area contributed by atoms with E-state index in [-0.39, 0.29) is 5.97 Å². The van der Waals surface area contributed by atoms with Gasteiger partial charge in [0.25, 0.3) is 0 Å². The van der Waals surface area contributed by atoms with Crippen molar-refractivity contribution < 1.29 is 27.5 Å². The smallest absolute Gasteiger partial charge is 0.462 e. The normalized spacial score (nSPS) is 12.0. The molecule has 0 saturated heterocycles. The number of esters is 1. The molecular weight excluding hydrogens is 280 g/mol. The summed E-state index contributed by atoms with van der Waals surface area (Å²) in [5, 5.41) is 0. The van der Waals surface area contributed by atoms with Crippen molar-refractivity contribution in [1.82, 2.24) is 0 Å². The Morgan fingerprint density at radius 3 is 2.15 bits per heavy atom. The molecule has 0 radical (unpaired) electrons. The van der Waals surface area contributed by atoms with Crippen molar-refractivity contribution in [2.75, 3.05) is 41.2 Å². The Labute approximate surface area is 122 Å². The van der Waals surface area contributed by atoms with Gasteiger partial charge in [0.2, 0.25) is 0 Å². The lowest BCUT2D eigenvalue weighted by Crippen LogP contribution is -2.42. The van der Waals surface area contributed by atoms with E-state index in [0.717, 1.165) is 6.42 Å². The maximum atomic E-state index is 11.0. The van der Waals surface area contributed by atoms with Gasteiger partial charge in [-0.2, -0.15) is 0 Å². The lowest BCUT2D eigenvalue weighted by atomic mass is 10.4. The van der Waals surface area contributed by atoms with E-state index in [1.165, 1.54) is 6.08 Å². The molecule has 0 amide bonds. The number of carbonyl (C=O) groups is 1. The van der Waals surface area contributed by atoms with Gasteiger partial charge >= 0.3 is 14.8 Å².